The monoisotopic (exact) mass is 721 g/mol. The van der Waals surface area contributed by atoms with Crippen molar-refractivity contribution in [3.63, 3.8) is 0 Å². The number of hydrogen-bond donors (Lipinski definition) is 2. The minimum Gasteiger partial charge on any atom is -0.870 e. The number of nitrogens with two attached hydrogens (primary N) is 1. The van der Waals surface area contributed by atoms with E-state index in [0.29, 0.717) is 18.2 Å². The summed E-state index contributed by atoms with van der Waals surface area (Å²) in [4.78, 5) is -4.20. The standard InChI is InChI=1S/C20H15N3O13S4.4Na/c21-13-8-10(37(25,26)27)6-9-7-16(39(31,32)33)18(19(24)17(9)13)23-22-14-5-4-11-12(20(14)40(34,35)36)2-1-3-15(11)38(28,29)30;;;;/h1-8,24H,21H2,(H,25,26,27)(H,28,29,30)(H,31,32,33)(H,34,35,36);;;;/q;4*+1/p-4. The first-order valence-electron chi connectivity index (χ1n) is 10.1. The van der Waals surface area contributed by atoms with Gasteiger partial charge in [0.05, 0.1) is 20.4 Å². The molecule has 0 atom stereocenters. The second kappa shape index (κ2) is 15.6. The number of azo groups is 1. The van der Waals surface area contributed by atoms with Crippen molar-refractivity contribution in [1.29, 1.82) is 0 Å². The Balaban J connectivity index is 0.00000462. The Bertz CT molecular complexity index is 2250. The summed E-state index contributed by atoms with van der Waals surface area (Å²) < 4.78 is 139. The van der Waals surface area contributed by atoms with Crippen LogP contribution in [0.4, 0.5) is 17.1 Å². The maximum Gasteiger partial charge on any atom is 1.00 e. The molecular weight excluding hydrogens is 710 g/mol. The van der Waals surface area contributed by atoms with Gasteiger partial charge < -0.3 is 24.5 Å². The van der Waals surface area contributed by atoms with Crippen molar-refractivity contribution in [3.8, 4) is 5.75 Å². The van der Waals surface area contributed by atoms with Crippen LogP contribution in [0, 0.1) is 0 Å². The van der Waals surface area contributed by atoms with Crippen LogP contribution in [-0.4, -0.2) is 51.9 Å². The summed E-state index contributed by atoms with van der Waals surface area (Å²) >= 11 is 0. The van der Waals surface area contributed by atoms with Gasteiger partial charge in [0.15, 0.2) is 0 Å². The average Bonchev–Trinajstić information content (AvgIpc) is 2.79. The molecule has 0 radical (unpaired) electrons. The van der Waals surface area contributed by atoms with Crippen LogP contribution in [0.2, 0.25) is 0 Å². The molecule has 0 bridgehead atoms. The van der Waals surface area contributed by atoms with Crippen molar-refractivity contribution < 1.29 is 175 Å². The van der Waals surface area contributed by atoms with Crippen molar-refractivity contribution in [1.82, 2.24) is 0 Å². The maximum atomic E-state index is 13.1. The third-order valence-corrected chi connectivity index (χ3v) is 8.93. The number of nitrogen functional groups attached to an aromatic ring is 1. The Kier molecular flexibility index (Phi) is 15.7. The molecule has 0 aliphatic carbocycles. The molecule has 24 heteroatoms. The van der Waals surface area contributed by atoms with Gasteiger partial charge in [-0.05, 0) is 41.1 Å². The Hall–Kier alpha value is 0.240. The first kappa shape index (κ1) is 44.2. The number of hydrogen-bond acceptors (Lipinski definition) is 15. The molecule has 0 aromatic heterocycles. The molecule has 0 aliphatic rings. The summed E-state index contributed by atoms with van der Waals surface area (Å²) in [5.74, 6) is -1.38. The number of rotatable bonds is 6. The van der Waals surface area contributed by atoms with E-state index in [1.807, 2.05) is 0 Å². The summed E-state index contributed by atoms with van der Waals surface area (Å²) in [6, 6.07) is 6.30. The molecule has 0 unspecified atom stereocenters. The fourth-order valence-electron chi connectivity index (χ4n) is 3.87. The predicted molar refractivity (Wildman–Crippen MR) is 130 cm³/mol. The zero-order chi connectivity index (χ0) is 30.0. The van der Waals surface area contributed by atoms with Gasteiger partial charge in [0.2, 0.25) is 0 Å². The van der Waals surface area contributed by atoms with Gasteiger partial charge in [-0.2, -0.15) is 8.42 Å². The second-order valence-electron chi connectivity index (χ2n) is 7.97. The number of anilines is 1. The third-order valence-electron chi connectivity index (χ3n) is 5.43. The van der Waals surface area contributed by atoms with Crippen LogP contribution in [0.15, 0.2) is 78.3 Å². The molecule has 3 N–H and O–H groups in total. The Morgan fingerprint density at radius 1 is 0.682 bits per heavy atom. The first-order chi connectivity index (χ1) is 18.2. The van der Waals surface area contributed by atoms with Crippen molar-refractivity contribution in [2.75, 3.05) is 5.73 Å². The molecule has 212 valence electrons. The molecule has 16 nitrogen and oxygen atoms in total. The van der Waals surface area contributed by atoms with E-state index >= 15 is 0 Å². The van der Waals surface area contributed by atoms with Crippen LogP contribution in [0.5, 0.6) is 5.75 Å². The van der Waals surface area contributed by atoms with E-state index in [-0.39, 0.29) is 118 Å². The van der Waals surface area contributed by atoms with E-state index in [1.54, 1.807) is 0 Å². The van der Waals surface area contributed by atoms with Crippen LogP contribution >= 0.6 is 0 Å². The number of nitrogens with zero attached hydrogens (tertiary/aromatic N) is 2. The minimum absolute atomic E-state index is 0. The molecule has 0 heterocycles. The molecule has 4 aromatic carbocycles. The zero-order valence-electron chi connectivity index (χ0n) is 23.1. The summed E-state index contributed by atoms with van der Waals surface area (Å²) in [6.07, 6.45) is 0. The Labute approximate surface area is 339 Å². The topological polar surface area (TPSA) is 300 Å². The second-order valence-corrected chi connectivity index (χ2v) is 13.4. The maximum absolute atomic E-state index is 13.1. The summed E-state index contributed by atoms with van der Waals surface area (Å²) in [5, 5.41) is 18.0. The van der Waals surface area contributed by atoms with Gasteiger partial charge in [0, 0.05) is 16.5 Å². The van der Waals surface area contributed by atoms with E-state index in [9.17, 15) is 57.0 Å². The van der Waals surface area contributed by atoms with Gasteiger partial charge in [-0.1, -0.05) is 23.9 Å². The number of benzene rings is 4. The van der Waals surface area contributed by atoms with Crippen LogP contribution in [0.1, 0.15) is 0 Å². The fourth-order valence-corrected chi connectivity index (χ4v) is 6.57. The van der Waals surface area contributed by atoms with Crippen LogP contribution in [0.3, 0.4) is 0 Å². The smallest absolute Gasteiger partial charge is 0.870 e. The van der Waals surface area contributed by atoms with Crippen molar-refractivity contribution in [2.24, 2.45) is 10.2 Å². The van der Waals surface area contributed by atoms with Gasteiger partial charge >= 0.3 is 118 Å². The van der Waals surface area contributed by atoms with Gasteiger partial charge in [-0.3, -0.25) is 4.55 Å². The number of fused-ring (bicyclic) bond motifs is 2. The van der Waals surface area contributed by atoms with Crippen LogP contribution in [-0.2, 0) is 40.5 Å². The average molecular weight is 722 g/mol. The van der Waals surface area contributed by atoms with E-state index in [0.717, 1.165) is 30.3 Å². The molecule has 0 aliphatic heterocycles. The minimum atomic E-state index is -5.55. The third kappa shape index (κ3) is 9.23. The molecule has 0 saturated carbocycles. The molecule has 0 fully saturated rings. The van der Waals surface area contributed by atoms with Crippen molar-refractivity contribution in [2.45, 2.75) is 19.6 Å². The fraction of sp³-hybridized carbons (Fsp3) is 0. The molecule has 4 aromatic rings. The SMILES string of the molecule is Nc1cc(S(=O)(=O)[O-])cc2cc(S(=O)(=O)[O-])c(N=Nc3ccc4c(S(=O)(=O)[O-])cccc4c3S(=O)(=O)O)c([O-])c12.[Na+].[Na+].[Na+].[Na+]. The van der Waals surface area contributed by atoms with E-state index < -0.39 is 104 Å². The molecular formula is C20H11N3Na4O13S4. The quantitative estimate of drug-likeness (QED) is 0.0809. The predicted octanol–water partition coefficient (Wildman–Crippen LogP) is -11.0. The van der Waals surface area contributed by atoms with Gasteiger partial charge in [0.25, 0.3) is 10.1 Å². The van der Waals surface area contributed by atoms with Crippen molar-refractivity contribution >= 4 is 79.1 Å². The normalized spacial score (nSPS) is 12.2. The van der Waals surface area contributed by atoms with Gasteiger partial charge in [-0.15, -0.1) is 10.2 Å². The molecule has 4 rings (SSSR count). The summed E-state index contributed by atoms with van der Waals surface area (Å²) in [5.41, 5.74) is 3.12. The zero-order valence-corrected chi connectivity index (χ0v) is 34.3. The molecule has 0 saturated heterocycles. The molecule has 44 heavy (non-hydrogen) atoms. The molecule has 0 spiro atoms. The van der Waals surface area contributed by atoms with Crippen molar-refractivity contribution in [3.05, 3.63) is 48.5 Å². The van der Waals surface area contributed by atoms with E-state index in [1.165, 1.54) is 0 Å². The van der Waals surface area contributed by atoms with Crippen LogP contribution in [0.25, 0.3) is 21.5 Å². The van der Waals surface area contributed by atoms with Gasteiger partial charge in [0.1, 0.15) is 40.9 Å². The summed E-state index contributed by atoms with van der Waals surface area (Å²) in [6.45, 7) is 0. The van der Waals surface area contributed by atoms with Crippen LogP contribution < -0.4 is 129 Å². The Morgan fingerprint density at radius 3 is 1.75 bits per heavy atom. The Morgan fingerprint density at radius 2 is 1.25 bits per heavy atom. The first-order valence-corrected chi connectivity index (χ1v) is 15.8. The largest absolute Gasteiger partial charge is 1.00 e. The van der Waals surface area contributed by atoms with E-state index in [4.69, 9.17) is 5.73 Å². The van der Waals surface area contributed by atoms with E-state index in [2.05, 4.69) is 10.2 Å². The summed E-state index contributed by atoms with van der Waals surface area (Å²) in [7, 11) is -21.0. The molecule has 0 amide bonds. The van der Waals surface area contributed by atoms with Gasteiger partial charge in [-0.25, -0.2) is 25.3 Å².